The maximum absolute atomic E-state index is 12.0. The van der Waals surface area contributed by atoms with Gasteiger partial charge in [0.1, 0.15) is 5.75 Å². The fourth-order valence-electron chi connectivity index (χ4n) is 2.66. The van der Waals surface area contributed by atoms with Crippen LogP contribution in [0.15, 0.2) is 54.7 Å². The normalized spacial score (nSPS) is 15.8. The number of amides is 2. The first-order valence-electron chi connectivity index (χ1n) is 8.10. The molecule has 2 amide bonds. The third-order valence-electron chi connectivity index (χ3n) is 3.92. The topological polar surface area (TPSA) is 94.3 Å². The van der Waals surface area contributed by atoms with Gasteiger partial charge in [-0.3, -0.25) is 9.59 Å². The Hall–Kier alpha value is -3.15. The number of carbonyl (C=O) groups excluding carboxylic acids is 2. The summed E-state index contributed by atoms with van der Waals surface area (Å²) < 4.78 is 5.60. The quantitative estimate of drug-likeness (QED) is 0.791. The van der Waals surface area contributed by atoms with Crippen LogP contribution in [0.5, 0.6) is 11.6 Å². The maximum Gasteiger partial charge on any atom is 0.248 e. The van der Waals surface area contributed by atoms with Gasteiger partial charge >= 0.3 is 0 Å². The second-order valence-electron chi connectivity index (χ2n) is 5.90. The van der Waals surface area contributed by atoms with Crippen LogP contribution in [0.1, 0.15) is 29.6 Å². The monoisotopic (exact) mass is 337 g/mol. The summed E-state index contributed by atoms with van der Waals surface area (Å²) in [6, 6.07) is 9.93. The first kappa shape index (κ1) is 16.7. The van der Waals surface area contributed by atoms with Crippen LogP contribution in [0.25, 0.3) is 0 Å². The van der Waals surface area contributed by atoms with E-state index in [1.165, 1.54) is 6.20 Å². The van der Waals surface area contributed by atoms with Crippen LogP contribution in [0, 0.1) is 5.92 Å². The number of pyridine rings is 1. The van der Waals surface area contributed by atoms with E-state index in [4.69, 9.17) is 10.5 Å². The number of nitrogens with two attached hydrogens (primary N) is 1. The Morgan fingerprint density at radius 3 is 2.84 bits per heavy atom. The van der Waals surface area contributed by atoms with Crippen molar-refractivity contribution in [3.8, 4) is 11.6 Å². The van der Waals surface area contributed by atoms with E-state index >= 15 is 0 Å². The number of primary amides is 1. The van der Waals surface area contributed by atoms with Crippen LogP contribution < -0.4 is 15.8 Å². The molecule has 1 atom stereocenters. The Labute approximate surface area is 145 Å². The Morgan fingerprint density at radius 1 is 1.28 bits per heavy atom. The molecular weight excluding hydrogens is 318 g/mol. The van der Waals surface area contributed by atoms with Gasteiger partial charge in [-0.2, -0.15) is 0 Å². The van der Waals surface area contributed by atoms with Gasteiger partial charge in [0.05, 0.1) is 11.9 Å². The molecule has 0 bridgehead atoms. The molecule has 1 aliphatic rings. The minimum Gasteiger partial charge on any atom is -0.439 e. The second kappa shape index (κ2) is 7.61. The zero-order valence-corrected chi connectivity index (χ0v) is 13.6. The van der Waals surface area contributed by atoms with Crippen LogP contribution >= 0.6 is 0 Å². The number of ether oxygens (including phenoxy) is 1. The Kier molecular flexibility index (Phi) is 5.09. The minimum atomic E-state index is -0.520. The van der Waals surface area contributed by atoms with E-state index < -0.39 is 5.91 Å². The highest BCUT2D eigenvalue weighted by atomic mass is 16.5. The highest BCUT2D eigenvalue weighted by molar-refractivity contribution is 5.93. The number of nitrogens with one attached hydrogen (secondary N) is 1. The van der Waals surface area contributed by atoms with Gasteiger partial charge in [-0.05, 0) is 43.0 Å². The SMILES string of the molecule is NC(=O)c1cccc(Oc2ccc(NC(=O)CC3C=CCC3)cn2)c1. The lowest BCUT2D eigenvalue weighted by atomic mass is 10.1. The van der Waals surface area contributed by atoms with E-state index in [1.54, 1.807) is 36.4 Å². The zero-order chi connectivity index (χ0) is 17.6. The molecule has 0 saturated carbocycles. The van der Waals surface area contributed by atoms with Gasteiger partial charge < -0.3 is 15.8 Å². The minimum absolute atomic E-state index is 0.0267. The van der Waals surface area contributed by atoms with E-state index in [9.17, 15) is 9.59 Å². The number of allylic oxidation sites excluding steroid dienone is 2. The van der Waals surface area contributed by atoms with Crippen molar-refractivity contribution in [2.45, 2.75) is 19.3 Å². The maximum atomic E-state index is 12.0. The highest BCUT2D eigenvalue weighted by Gasteiger charge is 2.14. The fraction of sp³-hybridized carbons (Fsp3) is 0.211. The van der Waals surface area contributed by atoms with E-state index in [-0.39, 0.29) is 5.91 Å². The largest absolute Gasteiger partial charge is 0.439 e. The third-order valence-corrected chi connectivity index (χ3v) is 3.92. The second-order valence-corrected chi connectivity index (χ2v) is 5.90. The number of hydrogen-bond donors (Lipinski definition) is 2. The molecule has 1 heterocycles. The smallest absolute Gasteiger partial charge is 0.248 e. The molecule has 128 valence electrons. The van der Waals surface area contributed by atoms with Crippen molar-refractivity contribution >= 4 is 17.5 Å². The zero-order valence-electron chi connectivity index (χ0n) is 13.6. The van der Waals surface area contributed by atoms with E-state index in [2.05, 4.69) is 22.5 Å². The van der Waals surface area contributed by atoms with Gasteiger partial charge in [0.2, 0.25) is 17.7 Å². The summed E-state index contributed by atoms with van der Waals surface area (Å²) in [5.74, 6) is 0.606. The van der Waals surface area contributed by atoms with Gasteiger partial charge in [-0.15, -0.1) is 0 Å². The summed E-state index contributed by atoms with van der Waals surface area (Å²) in [5, 5.41) is 2.83. The van der Waals surface area contributed by atoms with Crippen LogP contribution in [-0.4, -0.2) is 16.8 Å². The molecule has 3 rings (SSSR count). The summed E-state index contributed by atoms with van der Waals surface area (Å²) in [4.78, 5) is 27.3. The summed E-state index contributed by atoms with van der Waals surface area (Å²) in [6.07, 6.45) is 8.30. The van der Waals surface area contributed by atoms with E-state index in [0.29, 0.717) is 35.2 Å². The molecule has 1 aromatic carbocycles. The van der Waals surface area contributed by atoms with Gasteiger partial charge in [0.15, 0.2) is 0 Å². The van der Waals surface area contributed by atoms with E-state index in [1.807, 2.05) is 0 Å². The molecule has 0 aliphatic heterocycles. The first-order chi connectivity index (χ1) is 12.1. The van der Waals surface area contributed by atoms with E-state index in [0.717, 1.165) is 12.8 Å². The van der Waals surface area contributed by atoms with Gasteiger partial charge in [0.25, 0.3) is 0 Å². The molecule has 3 N–H and O–H groups in total. The summed E-state index contributed by atoms with van der Waals surface area (Å²) in [5.41, 5.74) is 6.23. The first-order valence-corrected chi connectivity index (χ1v) is 8.10. The highest BCUT2D eigenvalue weighted by Crippen LogP contribution is 2.23. The molecular formula is C19H19N3O3. The molecule has 0 saturated heterocycles. The lowest BCUT2D eigenvalue weighted by Crippen LogP contribution is -2.14. The van der Waals surface area contributed by atoms with Crippen molar-refractivity contribution in [1.29, 1.82) is 0 Å². The van der Waals surface area contributed by atoms with Crippen molar-refractivity contribution in [1.82, 2.24) is 4.98 Å². The number of carbonyl (C=O) groups is 2. The Bertz CT molecular complexity index is 800. The molecule has 6 nitrogen and oxygen atoms in total. The lowest BCUT2D eigenvalue weighted by Gasteiger charge is -2.09. The predicted molar refractivity (Wildman–Crippen MR) is 94.4 cm³/mol. The summed E-state index contributed by atoms with van der Waals surface area (Å²) in [7, 11) is 0. The number of hydrogen-bond acceptors (Lipinski definition) is 4. The van der Waals surface area contributed by atoms with Crippen molar-refractivity contribution in [3.05, 3.63) is 60.3 Å². The molecule has 1 aliphatic carbocycles. The molecule has 0 fully saturated rings. The number of rotatable bonds is 6. The molecule has 0 spiro atoms. The molecule has 1 unspecified atom stereocenters. The number of aromatic nitrogens is 1. The third kappa shape index (κ3) is 4.67. The van der Waals surface area contributed by atoms with Gasteiger partial charge in [-0.1, -0.05) is 18.2 Å². The van der Waals surface area contributed by atoms with Gasteiger partial charge in [0, 0.05) is 18.1 Å². The van der Waals surface area contributed by atoms with Crippen LogP contribution in [0.4, 0.5) is 5.69 Å². The van der Waals surface area contributed by atoms with Crippen molar-refractivity contribution in [3.63, 3.8) is 0 Å². The van der Waals surface area contributed by atoms with Gasteiger partial charge in [-0.25, -0.2) is 4.98 Å². The molecule has 25 heavy (non-hydrogen) atoms. The summed E-state index contributed by atoms with van der Waals surface area (Å²) in [6.45, 7) is 0. The fourth-order valence-corrected chi connectivity index (χ4v) is 2.66. The van der Waals surface area contributed by atoms with Crippen molar-refractivity contribution in [2.24, 2.45) is 11.7 Å². The molecule has 2 aromatic rings. The Morgan fingerprint density at radius 2 is 2.16 bits per heavy atom. The molecule has 0 radical (unpaired) electrons. The van der Waals surface area contributed by atoms with Crippen LogP contribution in [0.3, 0.4) is 0 Å². The standard InChI is InChI=1S/C19H19N3O3/c20-19(24)14-6-3-7-16(11-14)25-18-9-8-15(12-21-18)22-17(23)10-13-4-1-2-5-13/h1,3-4,6-9,11-13H,2,5,10H2,(H2,20,24)(H,22,23). The average molecular weight is 337 g/mol. The number of benzene rings is 1. The van der Waals surface area contributed by atoms with Crippen molar-refractivity contribution in [2.75, 3.05) is 5.32 Å². The van der Waals surface area contributed by atoms with Crippen LogP contribution in [-0.2, 0) is 4.79 Å². The summed E-state index contributed by atoms with van der Waals surface area (Å²) >= 11 is 0. The van der Waals surface area contributed by atoms with Crippen LogP contribution in [0.2, 0.25) is 0 Å². The predicted octanol–water partition coefficient (Wildman–Crippen LogP) is 3.27. The number of nitrogens with zero attached hydrogens (tertiary/aromatic N) is 1. The molecule has 6 heteroatoms. The Balaban J connectivity index is 1.58. The average Bonchev–Trinajstić information content (AvgIpc) is 3.10. The van der Waals surface area contributed by atoms with Crippen molar-refractivity contribution < 1.29 is 14.3 Å². The number of anilines is 1. The molecule has 1 aromatic heterocycles. The lowest BCUT2D eigenvalue weighted by molar-refractivity contribution is -0.116.